The Labute approximate surface area is 158 Å². The van der Waals surface area contributed by atoms with Crippen molar-refractivity contribution in [3.05, 3.63) is 42.5 Å². The van der Waals surface area contributed by atoms with Crippen molar-refractivity contribution in [1.29, 1.82) is 0 Å². The van der Waals surface area contributed by atoms with Crippen LogP contribution in [0.2, 0.25) is 0 Å². The first-order valence-electron chi connectivity index (χ1n) is 8.16. The molecule has 0 radical (unpaired) electrons. The number of benzene rings is 2. The molecule has 27 heavy (non-hydrogen) atoms. The summed E-state index contributed by atoms with van der Waals surface area (Å²) < 4.78 is 12.4. The number of aromatic nitrogens is 4. The Hall–Kier alpha value is -3.20. The van der Waals surface area contributed by atoms with E-state index in [2.05, 4.69) is 20.5 Å². The molecule has 1 amide bonds. The van der Waals surface area contributed by atoms with E-state index < -0.39 is 0 Å². The average Bonchev–Trinajstić information content (AvgIpc) is 3.26. The second-order valence-electron chi connectivity index (χ2n) is 5.67. The van der Waals surface area contributed by atoms with Crippen LogP contribution < -0.4 is 14.8 Å². The van der Waals surface area contributed by atoms with Gasteiger partial charge in [0.15, 0.2) is 5.16 Å². The number of anilines is 1. The van der Waals surface area contributed by atoms with E-state index in [0.29, 0.717) is 28.1 Å². The fraction of sp³-hybridized carbons (Fsp3) is 0.167. The van der Waals surface area contributed by atoms with Crippen LogP contribution in [0.5, 0.6) is 11.5 Å². The van der Waals surface area contributed by atoms with E-state index in [-0.39, 0.29) is 11.7 Å². The van der Waals surface area contributed by atoms with Crippen molar-refractivity contribution in [3.63, 3.8) is 0 Å². The number of amides is 1. The van der Waals surface area contributed by atoms with E-state index in [0.717, 1.165) is 11.0 Å². The molecule has 0 atom stereocenters. The zero-order valence-corrected chi connectivity index (χ0v) is 15.5. The number of fused-ring (bicyclic) bond motifs is 3. The van der Waals surface area contributed by atoms with Crippen molar-refractivity contribution < 1.29 is 14.3 Å². The quantitative estimate of drug-likeness (QED) is 0.497. The van der Waals surface area contributed by atoms with Gasteiger partial charge in [-0.2, -0.15) is 0 Å². The number of carbonyl (C=O) groups excluding carboxylic acids is 1. The van der Waals surface area contributed by atoms with Crippen molar-refractivity contribution in [2.45, 2.75) is 5.16 Å². The molecule has 4 rings (SSSR count). The number of para-hydroxylation sites is 2. The first kappa shape index (κ1) is 17.2. The lowest BCUT2D eigenvalue weighted by molar-refractivity contribution is -0.113. The molecule has 4 aromatic rings. The number of thioether (sulfide) groups is 1. The molecule has 0 saturated heterocycles. The van der Waals surface area contributed by atoms with Gasteiger partial charge in [-0.25, -0.2) is 10.1 Å². The fourth-order valence-electron chi connectivity index (χ4n) is 2.76. The number of aromatic amines is 1. The van der Waals surface area contributed by atoms with Gasteiger partial charge in [0.05, 0.1) is 36.7 Å². The highest BCUT2D eigenvalue weighted by atomic mass is 32.2. The van der Waals surface area contributed by atoms with E-state index in [4.69, 9.17) is 9.47 Å². The Morgan fingerprint density at radius 3 is 2.89 bits per heavy atom. The van der Waals surface area contributed by atoms with Crippen molar-refractivity contribution in [1.82, 2.24) is 19.6 Å². The minimum atomic E-state index is -0.163. The number of rotatable bonds is 6. The Bertz CT molecular complexity index is 1120. The summed E-state index contributed by atoms with van der Waals surface area (Å²) in [5.41, 5.74) is 2.41. The molecule has 0 fully saturated rings. The van der Waals surface area contributed by atoms with Crippen LogP contribution >= 0.6 is 11.8 Å². The highest BCUT2D eigenvalue weighted by Gasteiger charge is 2.14. The van der Waals surface area contributed by atoms with Gasteiger partial charge in [-0.3, -0.25) is 9.20 Å². The number of hydrogen-bond acceptors (Lipinski definition) is 6. The van der Waals surface area contributed by atoms with Crippen molar-refractivity contribution >= 4 is 40.2 Å². The monoisotopic (exact) mass is 383 g/mol. The predicted octanol–water partition coefficient (Wildman–Crippen LogP) is 2.96. The molecule has 2 heterocycles. The lowest BCUT2D eigenvalue weighted by Crippen LogP contribution is -2.15. The Morgan fingerprint density at radius 2 is 2.07 bits per heavy atom. The molecular weight excluding hydrogens is 366 g/mol. The highest BCUT2D eigenvalue weighted by Crippen LogP contribution is 2.29. The van der Waals surface area contributed by atoms with Gasteiger partial charge >= 0.3 is 0 Å². The molecule has 2 aromatic carbocycles. The predicted molar refractivity (Wildman–Crippen MR) is 104 cm³/mol. The third kappa shape index (κ3) is 3.28. The van der Waals surface area contributed by atoms with Crippen LogP contribution in [0.15, 0.2) is 47.6 Å². The summed E-state index contributed by atoms with van der Waals surface area (Å²) in [6.45, 7) is 0. The summed E-state index contributed by atoms with van der Waals surface area (Å²) in [4.78, 5) is 16.9. The van der Waals surface area contributed by atoms with Crippen molar-refractivity contribution in [2.75, 3.05) is 25.3 Å². The fourth-order valence-corrected chi connectivity index (χ4v) is 3.51. The second-order valence-corrected chi connectivity index (χ2v) is 6.61. The lowest BCUT2D eigenvalue weighted by atomic mass is 10.2. The van der Waals surface area contributed by atoms with Gasteiger partial charge in [-0.05, 0) is 24.3 Å². The van der Waals surface area contributed by atoms with E-state index in [1.165, 1.54) is 11.8 Å². The molecule has 0 aliphatic carbocycles. The number of hydrogen-bond donors (Lipinski definition) is 2. The summed E-state index contributed by atoms with van der Waals surface area (Å²) >= 11 is 1.33. The molecule has 138 valence electrons. The zero-order valence-electron chi connectivity index (χ0n) is 14.7. The zero-order chi connectivity index (χ0) is 18.8. The maximum atomic E-state index is 12.4. The first-order chi connectivity index (χ1) is 13.2. The van der Waals surface area contributed by atoms with E-state index in [9.17, 15) is 4.79 Å². The van der Waals surface area contributed by atoms with Crippen LogP contribution in [0.4, 0.5) is 5.69 Å². The Kier molecular flexibility index (Phi) is 4.59. The maximum Gasteiger partial charge on any atom is 0.234 e. The maximum absolute atomic E-state index is 12.4. The number of ether oxygens (including phenoxy) is 2. The van der Waals surface area contributed by atoms with Gasteiger partial charge < -0.3 is 14.8 Å². The molecule has 8 nitrogen and oxygen atoms in total. The highest BCUT2D eigenvalue weighted by molar-refractivity contribution is 7.99. The number of imidazole rings is 1. The number of carbonyl (C=O) groups is 1. The number of H-pyrrole nitrogens is 1. The van der Waals surface area contributed by atoms with Gasteiger partial charge in [-0.15, -0.1) is 5.10 Å². The molecule has 2 aromatic heterocycles. The van der Waals surface area contributed by atoms with Crippen LogP contribution in [0, 0.1) is 0 Å². The smallest absolute Gasteiger partial charge is 0.234 e. The van der Waals surface area contributed by atoms with Gasteiger partial charge in [0, 0.05) is 6.07 Å². The van der Waals surface area contributed by atoms with Crippen LogP contribution in [0.3, 0.4) is 0 Å². The Balaban J connectivity index is 1.49. The molecule has 0 aliphatic heterocycles. The lowest BCUT2D eigenvalue weighted by Gasteiger charge is -2.11. The molecule has 9 heteroatoms. The number of nitrogens with zero attached hydrogens (tertiary/aromatic N) is 3. The third-order valence-corrected chi connectivity index (χ3v) is 4.96. The van der Waals surface area contributed by atoms with Gasteiger partial charge in [0.1, 0.15) is 11.5 Å². The minimum absolute atomic E-state index is 0.163. The summed E-state index contributed by atoms with van der Waals surface area (Å²) in [7, 11) is 3.12. The molecule has 0 spiro atoms. The number of nitrogens with one attached hydrogen (secondary N) is 2. The molecular formula is C18H17N5O3S. The van der Waals surface area contributed by atoms with Crippen LogP contribution in [0.1, 0.15) is 0 Å². The van der Waals surface area contributed by atoms with Gasteiger partial charge in [0.2, 0.25) is 11.7 Å². The summed E-state index contributed by atoms with van der Waals surface area (Å²) in [6.07, 6.45) is 0. The van der Waals surface area contributed by atoms with E-state index in [1.807, 2.05) is 28.7 Å². The number of methoxy groups -OCH3 is 2. The molecule has 0 unspecified atom stereocenters. The van der Waals surface area contributed by atoms with Gasteiger partial charge in [0.25, 0.3) is 0 Å². The van der Waals surface area contributed by atoms with Crippen LogP contribution in [-0.2, 0) is 4.79 Å². The average molecular weight is 383 g/mol. The molecule has 0 saturated carbocycles. The molecule has 0 aliphatic rings. The summed E-state index contributed by atoms with van der Waals surface area (Å²) in [5, 5.41) is 10.7. The second kappa shape index (κ2) is 7.20. The summed E-state index contributed by atoms with van der Waals surface area (Å²) in [5.74, 6) is 1.88. The molecule has 0 bridgehead atoms. The van der Waals surface area contributed by atoms with E-state index in [1.54, 1.807) is 32.4 Å². The van der Waals surface area contributed by atoms with Crippen LogP contribution in [0.25, 0.3) is 16.8 Å². The summed E-state index contributed by atoms with van der Waals surface area (Å²) in [6, 6.07) is 13.0. The van der Waals surface area contributed by atoms with Crippen molar-refractivity contribution in [2.24, 2.45) is 0 Å². The SMILES string of the molecule is COc1ccc(NC(=O)CSc2n[nH]c3nc4ccccc4n23)c(OC)c1. The standard InChI is InChI=1S/C18H17N5O3S/c1-25-11-7-8-13(15(9-11)26-2)19-16(24)10-27-18-22-21-17-20-12-5-3-4-6-14(12)23(17)18/h3-9H,10H2,1-2H3,(H,19,24)(H,20,21). The van der Waals surface area contributed by atoms with Crippen LogP contribution in [-0.4, -0.2) is 45.5 Å². The van der Waals surface area contributed by atoms with E-state index >= 15 is 0 Å². The minimum Gasteiger partial charge on any atom is -0.497 e. The van der Waals surface area contributed by atoms with Gasteiger partial charge in [-0.1, -0.05) is 23.9 Å². The normalized spacial score (nSPS) is 11.0. The molecule has 2 N–H and O–H groups in total. The third-order valence-electron chi connectivity index (χ3n) is 4.02. The Morgan fingerprint density at radius 1 is 1.22 bits per heavy atom. The largest absolute Gasteiger partial charge is 0.497 e. The first-order valence-corrected chi connectivity index (χ1v) is 9.14. The van der Waals surface area contributed by atoms with Crippen molar-refractivity contribution in [3.8, 4) is 11.5 Å². The topological polar surface area (TPSA) is 93.5 Å².